The van der Waals surface area contributed by atoms with Gasteiger partial charge in [0.25, 0.3) is 0 Å². The van der Waals surface area contributed by atoms with Gasteiger partial charge in [-0.1, -0.05) is 30.2 Å². The first kappa shape index (κ1) is 23.7. The lowest BCUT2D eigenvalue weighted by atomic mass is 9.65. The molecular formula is C26H38ClN5O2. The molecule has 0 bridgehead atoms. The van der Waals surface area contributed by atoms with Gasteiger partial charge in [0.15, 0.2) is 0 Å². The lowest BCUT2D eigenvalue weighted by Gasteiger charge is -2.45. The number of rotatable bonds is 4. The van der Waals surface area contributed by atoms with Crippen LogP contribution >= 0.6 is 11.6 Å². The van der Waals surface area contributed by atoms with Gasteiger partial charge in [-0.15, -0.1) is 0 Å². The third kappa shape index (κ3) is 5.46. The fourth-order valence-electron chi connectivity index (χ4n) is 6.45. The van der Waals surface area contributed by atoms with E-state index >= 15 is 0 Å². The molecule has 3 heterocycles. The van der Waals surface area contributed by atoms with Crippen molar-refractivity contribution < 1.29 is 9.59 Å². The molecule has 1 spiro atoms. The number of carbonyl (C=O) groups is 2. The summed E-state index contributed by atoms with van der Waals surface area (Å²) in [5, 5.41) is 6.72. The van der Waals surface area contributed by atoms with Crippen LogP contribution in [0.2, 0.25) is 5.02 Å². The van der Waals surface area contributed by atoms with Crippen molar-refractivity contribution in [1.29, 1.82) is 0 Å². The smallest absolute Gasteiger partial charge is 0.320 e. The summed E-state index contributed by atoms with van der Waals surface area (Å²) in [6.45, 7) is 6.42. The summed E-state index contributed by atoms with van der Waals surface area (Å²) in [6, 6.07) is 8.46. The van der Waals surface area contributed by atoms with Crippen LogP contribution in [0.1, 0.15) is 56.9 Å². The Morgan fingerprint density at radius 2 is 1.65 bits per heavy atom. The molecule has 3 aliphatic heterocycles. The molecule has 8 heteroatoms. The molecule has 34 heavy (non-hydrogen) atoms. The molecule has 0 unspecified atom stereocenters. The van der Waals surface area contributed by atoms with E-state index in [9.17, 15) is 9.59 Å². The number of likely N-dealkylation sites (tertiary alicyclic amines) is 3. The first-order valence-electron chi connectivity index (χ1n) is 13.1. The van der Waals surface area contributed by atoms with Gasteiger partial charge in [0.2, 0.25) is 0 Å². The molecule has 1 saturated carbocycles. The average molecular weight is 488 g/mol. The van der Waals surface area contributed by atoms with Crippen molar-refractivity contribution in [3.63, 3.8) is 0 Å². The third-order valence-corrected chi connectivity index (χ3v) is 8.66. The van der Waals surface area contributed by atoms with Gasteiger partial charge in [0.05, 0.1) is 0 Å². The van der Waals surface area contributed by atoms with E-state index in [0.29, 0.717) is 17.6 Å². The van der Waals surface area contributed by atoms with Crippen LogP contribution in [0.15, 0.2) is 24.3 Å². The normalized spacial score (nSPS) is 28.1. The molecular weight excluding hydrogens is 450 g/mol. The van der Waals surface area contributed by atoms with E-state index in [2.05, 4.69) is 25.3 Å². The zero-order valence-electron chi connectivity index (χ0n) is 20.1. The van der Waals surface area contributed by atoms with Gasteiger partial charge in [0, 0.05) is 49.8 Å². The predicted octanol–water partition coefficient (Wildman–Crippen LogP) is 4.06. The summed E-state index contributed by atoms with van der Waals surface area (Å²) in [6.07, 6.45) is 9.22. The summed E-state index contributed by atoms with van der Waals surface area (Å²) in [4.78, 5) is 32.3. The Bertz CT molecular complexity index is 858. The molecule has 0 radical (unpaired) electrons. The van der Waals surface area contributed by atoms with Gasteiger partial charge < -0.3 is 25.3 Å². The van der Waals surface area contributed by atoms with Gasteiger partial charge in [-0.25, -0.2) is 9.59 Å². The Hall–Kier alpha value is -1.99. The highest BCUT2D eigenvalue weighted by molar-refractivity contribution is 6.30. The van der Waals surface area contributed by atoms with E-state index in [1.807, 2.05) is 24.3 Å². The molecule has 0 atom stereocenters. The van der Waals surface area contributed by atoms with E-state index in [1.165, 1.54) is 32.4 Å². The molecule has 1 aromatic rings. The maximum atomic E-state index is 13.2. The van der Waals surface area contributed by atoms with E-state index in [-0.39, 0.29) is 23.5 Å². The minimum atomic E-state index is -0.127. The number of nitrogens with one attached hydrogen (secondary N) is 2. The fourth-order valence-corrected chi connectivity index (χ4v) is 6.57. The van der Waals surface area contributed by atoms with Gasteiger partial charge in [-0.3, -0.25) is 0 Å². The third-order valence-electron chi connectivity index (χ3n) is 8.41. The van der Waals surface area contributed by atoms with Crippen molar-refractivity contribution in [1.82, 2.24) is 25.3 Å². The van der Waals surface area contributed by atoms with Gasteiger partial charge >= 0.3 is 12.1 Å². The standard InChI is InChI=1S/C26H38ClN5O2/c27-21-6-4-20(5-7-21)18-28-24(33)29-22-16-26(17-22)10-15-32(19-26)25(34)31-13-8-23(9-14-31)30-11-2-1-3-12-30/h4-7,22-23H,1-3,8-19H2,(H2,28,29,33)/t22-,26+. The van der Waals surface area contributed by atoms with Gasteiger partial charge in [-0.2, -0.15) is 0 Å². The molecule has 4 aliphatic rings. The van der Waals surface area contributed by atoms with Crippen molar-refractivity contribution in [2.45, 2.75) is 70.0 Å². The highest BCUT2D eigenvalue weighted by Gasteiger charge is 2.50. The first-order chi connectivity index (χ1) is 16.5. The molecule has 7 nitrogen and oxygen atoms in total. The summed E-state index contributed by atoms with van der Waals surface area (Å²) in [5.41, 5.74) is 1.21. The molecule has 1 aromatic carbocycles. The largest absolute Gasteiger partial charge is 0.335 e. The number of amides is 4. The number of carbonyl (C=O) groups excluding carboxylic acids is 2. The number of piperidine rings is 2. The maximum Gasteiger partial charge on any atom is 0.320 e. The van der Waals surface area contributed by atoms with Crippen molar-refractivity contribution >= 4 is 23.7 Å². The van der Waals surface area contributed by atoms with E-state index in [0.717, 1.165) is 63.8 Å². The fraction of sp³-hybridized carbons (Fsp3) is 0.692. The van der Waals surface area contributed by atoms with Crippen LogP contribution in [-0.4, -0.2) is 78.1 Å². The molecule has 2 N–H and O–H groups in total. The Morgan fingerprint density at radius 1 is 0.941 bits per heavy atom. The number of nitrogens with zero attached hydrogens (tertiary/aromatic N) is 3. The molecule has 186 valence electrons. The maximum absolute atomic E-state index is 13.2. The summed E-state index contributed by atoms with van der Waals surface area (Å²) < 4.78 is 0. The van der Waals surface area contributed by atoms with E-state index in [4.69, 9.17) is 11.6 Å². The van der Waals surface area contributed by atoms with Gasteiger partial charge in [-0.05, 0) is 81.1 Å². The molecule has 5 rings (SSSR count). The highest BCUT2D eigenvalue weighted by atomic mass is 35.5. The van der Waals surface area contributed by atoms with E-state index in [1.54, 1.807) is 0 Å². The van der Waals surface area contributed by atoms with Gasteiger partial charge in [0.1, 0.15) is 0 Å². The predicted molar refractivity (Wildman–Crippen MR) is 134 cm³/mol. The Labute approximate surface area is 208 Å². The minimum Gasteiger partial charge on any atom is -0.335 e. The second-order valence-electron chi connectivity index (χ2n) is 10.8. The van der Waals surface area contributed by atoms with Crippen molar-refractivity contribution in [3.05, 3.63) is 34.9 Å². The zero-order chi connectivity index (χ0) is 23.5. The van der Waals surface area contributed by atoms with Crippen LogP contribution < -0.4 is 10.6 Å². The van der Waals surface area contributed by atoms with Crippen molar-refractivity contribution in [3.8, 4) is 0 Å². The SMILES string of the molecule is O=C(NCc1ccc(Cl)cc1)N[C@H]1C[C@]2(CCN(C(=O)N3CCC(N4CCCCC4)CC3)C2)C1. The number of benzene rings is 1. The Balaban J connectivity index is 1.01. The molecule has 3 saturated heterocycles. The van der Waals surface area contributed by atoms with Crippen molar-refractivity contribution in [2.24, 2.45) is 5.41 Å². The highest BCUT2D eigenvalue weighted by Crippen LogP contribution is 2.48. The second kappa shape index (κ2) is 10.3. The second-order valence-corrected chi connectivity index (χ2v) is 11.3. The average Bonchev–Trinajstić information content (AvgIpc) is 3.29. The lowest BCUT2D eigenvalue weighted by Crippen LogP contribution is -2.55. The topological polar surface area (TPSA) is 67.9 Å². The number of hydrogen-bond donors (Lipinski definition) is 2. The molecule has 0 aromatic heterocycles. The summed E-state index contributed by atoms with van der Waals surface area (Å²) in [5.74, 6) is 0. The Morgan fingerprint density at radius 3 is 2.35 bits per heavy atom. The minimum absolute atomic E-state index is 0.127. The van der Waals surface area contributed by atoms with Crippen LogP contribution in [0.25, 0.3) is 0 Å². The van der Waals surface area contributed by atoms with Crippen LogP contribution in [0.4, 0.5) is 9.59 Å². The summed E-state index contributed by atoms with van der Waals surface area (Å²) >= 11 is 5.91. The van der Waals surface area contributed by atoms with Crippen molar-refractivity contribution in [2.75, 3.05) is 39.3 Å². The molecule has 4 fully saturated rings. The van der Waals surface area contributed by atoms with Crippen LogP contribution in [0.5, 0.6) is 0 Å². The van der Waals surface area contributed by atoms with Crippen LogP contribution in [0.3, 0.4) is 0 Å². The lowest BCUT2D eigenvalue weighted by molar-refractivity contribution is 0.0782. The van der Waals surface area contributed by atoms with E-state index < -0.39 is 0 Å². The monoisotopic (exact) mass is 487 g/mol. The quantitative estimate of drug-likeness (QED) is 0.672. The first-order valence-corrected chi connectivity index (χ1v) is 13.4. The number of urea groups is 2. The molecule has 1 aliphatic carbocycles. The zero-order valence-corrected chi connectivity index (χ0v) is 20.9. The van der Waals surface area contributed by atoms with Crippen LogP contribution in [-0.2, 0) is 6.54 Å². The number of halogens is 1. The van der Waals surface area contributed by atoms with Crippen LogP contribution in [0, 0.1) is 5.41 Å². The summed E-state index contributed by atoms with van der Waals surface area (Å²) in [7, 11) is 0. The Kier molecular flexibility index (Phi) is 7.21. The molecule has 4 amide bonds. The number of hydrogen-bond acceptors (Lipinski definition) is 3.